The largest absolute Gasteiger partial charge is 0.450 e. The molecule has 5 nitrogen and oxygen atoms in total. The van der Waals surface area contributed by atoms with Gasteiger partial charge in [-0.3, -0.25) is 4.90 Å². The van der Waals surface area contributed by atoms with Crippen molar-refractivity contribution in [1.29, 1.82) is 0 Å². The summed E-state index contributed by atoms with van der Waals surface area (Å²) in [6.07, 6.45) is 6.04. The first-order chi connectivity index (χ1) is 9.22. The Labute approximate surface area is 116 Å². The molecule has 2 rings (SSSR count). The van der Waals surface area contributed by atoms with Crippen LogP contribution in [-0.4, -0.2) is 60.8 Å². The first kappa shape index (κ1) is 14.6. The third kappa shape index (κ3) is 3.83. The summed E-state index contributed by atoms with van der Waals surface area (Å²) in [5.74, 6) is 0. The monoisotopic (exact) mass is 269 g/mol. The summed E-state index contributed by atoms with van der Waals surface area (Å²) in [5, 5.41) is 0. The lowest BCUT2D eigenvalue weighted by molar-refractivity contribution is 0.0593. The zero-order valence-electron chi connectivity index (χ0n) is 12.0. The Morgan fingerprint density at radius 3 is 2.53 bits per heavy atom. The van der Waals surface area contributed by atoms with Crippen molar-refractivity contribution in [3.63, 3.8) is 0 Å². The number of carbonyl (C=O) groups is 1. The van der Waals surface area contributed by atoms with E-state index in [1.807, 2.05) is 11.8 Å². The summed E-state index contributed by atoms with van der Waals surface area (Å²) < 4.78 is 5.05. The molecule has 1 amide bonds. The van der Waals surface area contributed by atoms with Crippen molar-refractivity contribution < 1.29 is 9.53 Å². The Kier molecular flexibility index (Phi) is 5.45. The maximum atomic E-state index is 11.7. The second-order valence-corrected chi connectivity index (χ2v) is 5.59. The number of ether oxygens (including phenoxy) is 1. The van der Waals surface area contributed by atoms with Crippen LogP contribution in [0.1, 0.15) is 39.0 Å². The Bertz CT molecular complexity index is 290. The molecule has 0 spiro atoms. The van der Waals surface area contributed by atoms with Gasteiger partial charge in [0, 0.05) is 38.3 Å². The van der Waals surface area contributed by atoms with Gasteiger partial charge in [0.05, 0.1) is 6.61 Å². The molecular formula is C14H27N3O2. The average molecular weight is 269 g/mol. The van der Waals surface area contributed by atoms with Crippen LogP contribution >= 0.6 is 0 Å². The quantitative estimate of drug-likeness (QED) is 0.770. The molecule has 2 atom stereocenters. The zero-order chi connectivity index (χ0) is 13.7. The zero-order valence-corrected chi connectivity index (χ0v) is 12.0. The minimum atomic E-state index is -0.174. The molecule has 1 saturated carbocycles. The van der Waals surface area contributed by atoms with Gasteiger partial charge in [-0.05, 0) is 19.8 Å². The van der Waals surface area contributed by atoms with Gasteiger partial charge in [-0.25, -0.2) is 4.79 Å². The normalized spacial score (nSPS) is 29.9. The third-order valence-electron chi connectivity index (χ3n) is 4.34. The topological polar surface area (TPSA) is 58.8 Å². The van der Waals surface area contributed by atoms with E-state index in [-0.39, 0.29) is 6.09 Å². The summed E-state index contributed by atoms with van der Waals surface area (Å²) >= 11 is 0. The highest BCUT2D eigenvalue weighted by molar-refractivity contribution is 5.67. The molecule has 2 fully saturated rings. The van der Waals surface area contributed by atoms with Gasteiger partial charge in [0.2, 0.25) is 0 Å². The molecule has 0 aromatic carbocycles. The standard InChI is InChI=1S/C14H27N3O2/c1-2-19-14(18)17-10-8-16(9-11-17)13-7-5-3-4-6-12(13)15/h12-13H,2-11,15H2,1H3. The fourth-order valence-corrected chi connectivity index (χ4v) is 3.22. The van der Waals surface area contributed by atoms with Crippen molar-refractivity contribution in [2.45, 2.75) is 51.1 Å². The predicted octanol–water partition coefficient (Wildman–Crippen LogP) is 1.42. The number of rotatable bonds is 2. The van der Waals surface area contributed by atoms with Crippen LogP contribution in [0.15, 0.2) is 0 Å². The minimum absolute atomic E-state index is 0.174. The molecule has 0 aromatic rings. The van der Waals surface area contributed by atoms with E-state index in [2.05, 4.69) is 4.90 Å². The summed E-state index contributed by atoms with van der Waals surface area (Å²) in [7, 11) is 0. The van der Waals surface area contributed by atoms with E-state index < -0.39 is 0 Å². The van der Waals surface area contributed by atoms with Crippen molar-refractivity contribution in [2.24, 2.45) is 5.73 Å². The van der Waals surface area contributed by atoms with Crippen LogP contribution in [0.25, 0.3) is 0 Å². The van der Waals surface area contributed by atoms with E-state index in [0.717, 1.165) is 32.6 Å². The highest BCUT2D eigenvalue weighted by atomic mass is 16.6. The summed E-state index contributed by atoms with van der Waals surface area (Å²) in [5.41, 5.74) is 6.31. The molecule has 1 saturated heterocycles. The van der Waals surface area contributed by atoms with Crippen LogP contribution in [0.5, 0.6) is 0 Å². The van der Waals surface area contributed by atoms with Crippen molar-refractivity contribution >= 4 is 6.09 Å². The van der Waals surface area contributed by atoms with Crippen LogP contribution in [0.2, 0.25) is 0 Å². The summed E-state index contributed by atoms with van der Waals surface area (Å²) in [4.78, 5) is 15.9. The van der Waals surface area contributed by atoms with Gasteiger partial charge < -0.3 is 15.4 Å². The lowest BCUT2D eigenvalue weighted by atomic mass is 10.0. The second-order valence-electron chi connectivity index (χ2n) is 5.59. The smallest absolute Gasteiger partial charge is 0.409 e. The van der Waals surface area contributed by atoms with E-state index in [9.17, 15) is 4.79 Å². The van der Waals surface area contributed by atoms with Crippen LogP contribution in [0.4, 0.5) is 4.79 Å². The fraction of sp³-hybridized carbons (Fsp3) is 0.929. The fourth-order valence-electron chi connectivity index (χ4n) is 3.22. The third-order valence-corrected chi connectivity index (χ3v) is 4.34. The van der Waals surface area contributed by atoms with Gasteiger partial charge in [-0.1, -0.05) is 19.3 Å². The van der Waals surface area contributed by atoms with Crippen LogP contribution in [0.3, 0.4) is 0 Å². The van der Waals surface area contributed by atoms with Gasteiger partial charge in [-0.15, -0.1) is 0 Å². The van der Waals surface area contributed by atoms with E-state index in [1.54, 1.807) is 0 Å². The predicted molar refractivity (Wildman–Crippen MR) is 75.0 cm³/mol. The van der Waals surface area contributed by atoms with E-state index in [0.29, 0.717) is 18.7 Å². The molecule has 0 bridgehead atoms. The molecule has 2 unspecified atom stereocenters. The van der Waals surface area contributed by atoms with E-state index in [4.69, 9.17) is 10.5 Å². The maximum absolute atomic E-state index is 11.7. The maximum Gasteiger partial charge on any atom is 0.409 e. The number of carbonyl (C=O) groups excluding carboxylic acids is 1. The van der Waals surface area contributed by atoms with Gasteiger partial charge in [0.1, 0.15) is 0 Å². The molecule has 0 radical (unpaired) electrons. The van der Waals surface area contributed by atoms with Crippen LogP contribution in [0, 0.1) is 0 Å². The molecule has 2 N–H and O–H groups in total. The molecule has 1 heterocycles. The van der Waals surface area contributed by atoms with Crippen molar-refractivity contribution in [3.05, 3.63) is 0 Å². The van der Waals surface area contributed by atoms with Gasteiger partial charge in [0.15, 0.2) is 0 Å². The average Bonchev–Trinajstić information content (AvgIpc) is 2.64. The van der Waals surface area contributed by atoms with Gasteiger partial charge in [0.25, 0.3) is 0 Å². The molecule has 1 aliphatic heterocycles. The van der Waals surface area contributed by atoms with Crippen LogP contribution in [-0.2, 0) is 4.74 Å². The second kappa shape index (κ2) is 7.10. The molecule has 19 heavy (non-hydrogen) atoms. The number of hydrogen-bond donors (Lipinski definition) is 1. The van der Waals surface area contributed by atoms with E-state index in [1.165, 1.54) is 25.7 Å². The lowest BCUT2D eigenvalue weighted by Crippen LogP contribution is -2.56. The van der Waals surface area contributed by atoms with E-state index >= 15 is 0 Å². The number of piperazine rings is 1. The molecule has 110 valence electrons. The Morgan fingerprint density at radius 2 is 1.84 bits per heavy atom. The minimum Gasteiger partial charge on any atom is -0.450 e. The molecule has 5 heteroatoms. The number of nitrogens with two attached hydrogens (primary N) is 1. The highest BCUT2D eigenvalue weighted by Gasteiger charge is 2.30. The molecule has 1 aliphatic carbocycles. The van der Waals surface area contributed by atoms with Gasteiger partial charge >= 0.3 is 6.09 Å². The number of amides is 1. The van der Waals surface area contributed by atoms with Crippen LogP contribution < -0.4 is 5.73 Å². The SMILES string of the molecule is CCOC(=O)N1CCN(C2CCCCCC2N)CC1. The van der Waals surface area contributed by atoms with Crippen molar-refractivity contribution in [3.8, 4) is 0 Å². The van der Waals surface area contributed by atoms with Gasteiger partial charge in [-0.2, -0.15) is 0 Å². The molecular weight excluding hydrogens is 242 g/mol. The van der Waals surface area contributed by atoms with Crippen molar-refractivity contribution in [1.82, 2.24) is 9.80 Å². The molecule has 2 aliphatic rings. The first-order valence-electron chi connectivity index (χ1n) is 7.63. The number of nitrogens with zero attached hydrogens (tertiary/aromatic N) is 2. The Hall–Kier alpha value is -0.810. The lowest BCUT2D eigenvalue weighted by Gasteiger charge is -2.40. The first-order valence-corrected chi connectivity index (χ1v) is 7.63. The Morgan fingerprint density at radius 1 is 1.16 bits per heavy atom. The number of hydrogen-bond acceptors (Lipinski definition) is 4. The summed E-state index contributed by atoms with van der Waals surface area (Å²) in [6, 6.07) is 0.809. The highest BCUT2D eigenvalue weighted by Crippen LogP contribution is 2.22. The summed E-state index contributed by atoms with van der Waals surface area (Å²) in [6.45, 7) is 5.68. The van der Waals surface area contributed by atoms with Crippen molar-refractivity contribution in [2.75, 3.05) is 32.8 Å². The Balaban J connectivity index is 1.83. The molecule has 0 aromatic heterocycles.